The van der Waals surface area contributed by atoms with Crippen molar-refractivity contribution in [3.8, 4) is 0 Å². The van der Waals surface area contributed by atoms with Crippen molar-refractivity contribution in [2.45, 2.75) is 19.6 Å². The molecule has 0 amide bonds. The van der Waals surface area contributed by atoms with Gasteiger partial charge in [0.15, 0.2) is 0 Å². The fourth-order valence-corrected chi connectivity index (χ4v) is 11.4. The molecule has 0 rings (SSSR count). The summed E-state index contributed by atoms with van der Waals surface area (Å²) in [7, 11) is -1.32. The van der Waals surface area contributed by atoms with Crippen molar-refractivity contribution in [3.05, 3.63) is 0 Å². The molecule has 0 bridgehead atoms. The molecule has 0 aromatic rings. The Morgan fingerprint density at radius 2 is 1.67 bits per heavy atom. The Hall–Kier alpha value is 1.03. The molecule has 0 saturated heterocycles. The van der Waals surface area contributed by atoms with E-state index in [-0.39, 0.29) is 0 Å². The second-order valence-corrected chi connectivity index (χ2v) is 14.6. The second-order valence-electron chi connectivity index (χ2n) is 3.29. The quantitative estimate of drug-likeness (QED) is 0.497. The number of rotatable bonds is 2. The Labute approximate surface area is 66.7 Å². The highest BCUT2D eigenvalue weighted by Gasteiger charge is 2.25. The minimum absolute atomic E-state index is 0.517. The highest BCUT2D eigenvalue weighted by molar-refractivity contribution is 8.09. The topological polar surface area (TPSA) is 17.1 Å². The molecule has 0 aliphatic heterocycles. The maximum atomic E-state index is 10.8. The fraction of sp³-hybridized carbons (Fsp3) is 1.00. The maximum absolute atomic E-state index is 10.8. The highest BCUT2D eigenvalue weighted by Crippen LogP contribution is 2.57. The van der Waals surface area contributed by atoms with Crippen LogP contribution in [0.15, 0.2) is 0 Å². The predicted octanol–water partition coefficient (Wildman–Crippen LogP) is 3.53. The molecule has 0 N–H and O–H groups in total. The third-order valence-electron chi connectivity index (χ3n) is 0.658. The Bertz CT molecular complexity index is 136. The third kappa shape index (κ3) is 9.03. The Balaban J connectivity index is 3.90. The van der Waals surface area contributed by atoms with Gasteiger partial charge in [0.2, 0.25) is 0 Å². The van der Waals surface area contributed by atoms with E-state index in [2.05, 4.69) is 19.6 Å². The van der Waals surface area contributed by atoms with Crippen molar-refractivity contribution in [1.29, 1.82) is 0 Å². The van der Waals surface area contributed by atoms with Crippen LogP contribution < -0.4 is 0 Å². The van der Waals surface area contributed by atoms with Crippen LogP contribution in [0.2, 0.25) is 19.6 Å². The number of hydrogen-bond acceptors (Lipinski definition) is 1. The third-order valence-corrected chi connectivity index (χ3v) is 8.08. The Morgan fingerprint density at radius 3 is 1.67 bits per heavy atom. The van der Waals surface area contributed by atoms with Crippen LogP contribution in [-0.2, 0) is 4.57 Å². The van der Waals surface area contributed by atoms with Gasteiger partial charge >= 0.3 is 0 Å². The van der Waals surface area contributed by atoms with Gasteiger partial charge in [-0.15, -0.1) is 0 Å². The molecule has 0 heterocycles. The molecule has 0 saturated carbocycles. The van der Waals surface area contributed by atoms with Gasteiger partial charge in [0.1, 0.15) is 0 Å². The van der Waals surface area contributed by atoms with Crippen LogP contribution in [-0.4, -0.2) is 13.9 Å². The Morgan fingerprint density at radius 1 is 1.33 bits per heavy atom. The Kier molecular flexibility index (Phi) is 3.29. The molecule has 5 heteroatoms. The molecule has 0 spiro atoms. The zero-order chi connectivity index (χ0) is 7.71. The van der Waals surface area contributed by atoms with Crippen molar-refractivity contribution in [2.24, 2.45) is 0 Å². The SMILES string of the molecule is C[Si](C)(C)CP(=O)(Cl)Cl. The lowest BCUT2D eigenvalue weighted by atomic mass is 11.8. The van der Waals surface area contributed by atoms with E-state index in [4.69, 9.17) is 22.5 Å². The summed E-state index contributed by atoms with van der Waals surface area (Å²) in [6.07, 6.45) is 0. The van der Waals surface area contributed by atoms with E-state index in [0.29, 0.717) is 5.79 Å². The molecule has 0 fully saturated rings. The molecule has 1 nitrogen and oxygen atoms in total. The number of hydrogen-bond donors (Lipinski definition) is 0. The van der Waals surface area contributed by atoms with Crippen molar-refractivity contribution in [1.82, 2.24) is 0 Å². The molecule has 56 valence electrons. The lowest BCUT2D eigenvalue weighted by Gasteiger charge is -2.14. The van der Waals surface area contributed by atoms with Crippen molar-refractivity contribution in [3.63, 3.8) is 0 Å². The molecule has 0 aromatic heterocycles. The van der Waals surface area contributed by atoms with Gasteiger partial charge in [-0.2, -0.15) is 0 Å². The van der Waals surface area contributed by atoms with Gasteiger partial charge in [-0.25, -0.2) is 0 Å². The fourth-order valence-electron chi connectivity index (χ4n) is 0.552. The van der Waals surface area contributed by atoms with Crippen molar-refractivity contribution in [2.75, 3.05) is 5.79 Å². The first-order valence-electron chi connectivity index (χ1n) is 2.69. The van der Waals surface area contributed by atoms with Crippen LogP contribution in [0.5, 0.6) is 0 Å². The van der Waals surface area contributed by atoms with Crippen molar-refractivity contribution >= 4 is 36.4 Å². The van der Waals surface area contributed by atoms with Crippen LogP contribution in [0.1, 0.15) is 0 Å². The average molecular weight is 205 g/mol. The standard InChI is InChI=1S/C4H11Cl2OPSi/c1-9(2,3)4-8(5,6)7/h4H2,1-3H3. The van der Waals surface area contributed by atoms with E-state index < -0.39 is 13.9 Å². The summed E-state index contributed by atoms with van der Waals surface area (Å²) in [5.74, 6) is -2.26. The summed E-state index contributed by atoms with van der Waals surface area (Å²) in [6.45, 7) is 6.26. The van der Waals surface area contributed by atoms with E-state index in [1.54, 1.807) is 0 Å². The highest BCUT2D eigenvalue weighted by atomic mass is 35.9. The normalized spacial score (nSPS) is 13.9. The zero-order valence-corrected chi connectivity index (χ0v) is 9.22. The van der Waals surface area contributed by atoms with Crippen LogP contribution in [0, 0.1) is 0 Å². The smallest absolute Gasteiger partial charge is 0.250 e. The monoisotopic (exact) mass is 204 g/mol. The minimum atomic E-state index is -2.78. The first-order chi connectivity index (χ1) is 3.71. The number of halogens is 2. The minimum Gasteiger partial charge on any atom is -0.290 e. The maximum Gasteiger partial charge on any atom is 0.250 e. The molecular weight excluding hydrogens is 194 g/mol. The summed E-state index contributed by atoms with van der Waals surface area (Å²) in [5.41, 5.74) is 0. The van der Waals surface area contributed by atoms with E-state index in [9.17, 15) is 4.57 Å². The summed E-state index contributed by atoms with van der Waals surface area (Å²) < 4.78 is 10.8. The largest absolute Gasteiger partial charge is 0.290 e. The van der Waals surface area contributed by atoms with Gasteiger partial charge in [-0.1, -0.05) is 19.6 Å². The van der Waals surface area contributed by atoms with Crippen LogP contribution in [0.3, 0.4) is 0 Å². The lowest BCUT2D eigenvalue weighted by Crippen LogP contribution is -2.24. The van der Waals surface area contributed by atoms with Crippen LogP contribution >= 0.6 is 28.3 Å². The summed E-state index contributed by atoms with van der Waals surface area (Å²) in [5, 5.41) is 0. The molecule has 0 aliphatic carbocycles. The van der Waals surface area contributed by atoms with Crippen LogP contribution in [0.4, 0.5) is 0 Å². The van der Waals surface area contributed by atoms with Gasteiger partial charge in [-0.3, -0.25) is 4.57 Å². The zero-order valence-electron chi connectivity index (χ0n) is 5.82. The summed E-state index contributed by atoms with van der Waals surface area (Å²) >= 11 is 10.7. The van der Waals surface area contributed by atoms with E-state index in [1.165, 1.54) is 0 Å². The van der Waals surface area contributed by atoms with Crippen molar-refractivity contribution < 1.29 is 4.57 Å². The molecule has 0 radical (unpaired) electrons. The molecular formula is C4H11Cl2OPSi. The van der Waals surface area contributed by atoms with E-state index in [0.717, 1.165) is 0 Å². The molecule has 0 atom stereocenters. The molecule has 0 unspecified atom stereocenters. The van der Waals surface area contributed by atoms with E-state index >= 15 is 0 Å². The second kappa shape index (κ2) is 2.96. The van der Waals surface area contributed by atoms with E-state index in [1.807, 2.05) is 0 Å². The first-order valence-corrected chi connectivity index (χ1v) is 10.1. The van der Waals surface area contributed by atoms with Gasteiger partial charge in [0, 0.05) is 5.79 Å². The molecule has 9 heavy (non-hydrogen) atoms. The molecule has 0 aliphatic rings. The first kappa shape index (κ1) is 10.0. The van der Waals surface area contributed by atoms with Gasteiger partial charge in [0.25, 0.3) is 5.85 Å². The average Bonchev–Trinajstić information content (AvgIpc) is 1.14. The predicted molar refractivity (Wildman–Crippen MR) is 47.5 cm³/mol. The summed E-state index contributed by atoms with van der Waals surface area (Å²) in [6, 6.07) is 0. The van der Waals surface area contributed by atoms with Gasteiger partial charge in [0.05, 0.1) is 8.07 Å². The van der Waals surface area contributed by atoms with Gasteiger partial charge < -0.3 is 0 Å². The van der Waals surface area contributed by atoms with Gasteiger partial charge in [-0.05, 0) is 22.5 Å². The lowest BCUT2D eigenvalue weighted by molar-refractivity contribution is 0.594. The van der Waals surface area contributed by atoms with Crippen LogP contribution in [0.25, 0.3) is 0 Å². The molecule has 0 aromatic carbocycles. The summed E-state index contributed by atoms with van der Waals surface area (Å²) in [4.78, 5) is 0.